The predicted molar refractivity (Wildman–Crippen MR) is 73.7 cm³/mol. The van der Waals surface area contributed by atoms with Gasteiger partial charge in [0.25, 0.3) is 0 Å². The van der Waals surface area contributed by atoms with Crippen molar-refractivity contribution in [1.82, 2.24) is 5.32 Å². The van der Waals surface area contributed by atoms with Crippen molar-refractivity contribution in [3.8, 4) is 0 Å². The van der Waals surface area contributed by atoms with Crippen molar-refractivity contribution in [3.63, 3.8) is 0 Å². The van der Waals surface area contributed by atoms with E-state index in [9.17, 15) is 4.79 Å². The molecule has 4 nitrogen and oxygen atoms in total. The molecule has 1 atom stereocenters. The highest BCUT2D eigenvalue weighted by atomic mass is 16.5. The second-order valence-electron chi connectivity index (χ2n) is 4.74. The molecule has 4 heteroatoms. The van der Waals surface area contributed by atoms with Crippen LogP contribution in [0.15, 0.2) is 0 Å². The molecule has 0 aliphatic heterocycles. The summed E-state index contributed by atoms with van der Waals surface area (Å²) >= 11 is 0. The summed E-state index contributed by atoms with van der Waals surface area (Å²) in [5, 5.41) is 3.22. The van der Waals surface area contributed by atoms with E-state index in [0.29, 0.717) is 19.8 Å². The fraction of sp³-hybridized carbons (Fsp3) is 0.929. The van der Waals surface area contributed by atoms with Crippen molar-refractivity contribution in [2.24, 2.45) is 0 Å². The number of rotatable bonds is 11. The summed E-state index contributed by atoms with van der Waals surface area (Å²) in [4.78, 5) is 11.9. The van der Waals surface area contributed by atoms with Crippen LogP contribution in [0.2, 0.25) is 0 Å². The predicted octanol–water partition coefficient (Wildman–Crippen LogP) is 2.51. The minimum Gasteiger partial charge on any atom is -0.465 e. The van der Waals surface area contributed by atoms with E-state index in [1.54, 1.807) is 0 Å². The first-order chi connectivity index (χ1) is 8.60. The number of carbonyl (C=O) groups excluding carboxylic acids is 1. The van der Waals surface area contributed by atoms with E-state index in [-0.39, 0.29) is 5.97 Å². The second kappa shape index (κ2) is 10.3. The molecule has 0 amide bonds. The number of unbranched alkanes of at least 4 members (excludes halogenated alkanes) is 2. The Bertz CT molecular complexity index is 221. The Morgan fingerprint density at radius 1 is 1.17 bits per heavy atom. The van der Waals surface area contributed by atoms with Gasteiger partial charge in [-0.3, -0.25) is 0 Å². The number of esters is 1. The smallest absolute Gasteiger partial charge is 0.328 e. The number of nitrogens with one attached hydrogen (secondary N) is 1. The molecule has 18 heavy (non-hydrogen) atoms. The molecular weight excluding hydrogens is 230 g/mol. The minimum atomic E-state index is -0.724. The first-order valence-electron chi connectivity index (χ1n) is 7.10. The summed E-state index contributed by atoms with van der Waals surface area (Å²) in [7, 11) is 0. The molecule has 0 aliphatic rings. The lowest BCUT2D eigenvalue weighted by Gasteiger charge is -2.28. The van der Waals surface area contributed by atoms with Crippen LogP contribution in [0.4, 0.5) is 0 Å². The zero-order valence-corrected chi connectivity index (χ0v) is 12.4. The van der Waals surface area contributed by atoms with E-state index < -0.39 is 5.54 Å². The van der Waals surface area contributed by atoms with Crippen molar-refractivity contribution in [3.05, 3.63) is 0 Å². The monoisotopic (exact) mass is 259 g/mol. The van der Waals surface area contributed by atoms with Crippen LogP contribution in [0, 0.1) is 0 Å². The SMILES string of the molecule is CCCCCOCC(C)(NCCC)C(=O)OCC. The normalized spacial score (nSPS) is 14.2. The van der Waals surface area contributed by atoms with E-state index in [1.807, 2.05) is 13.8 Å². The van der Waals surface area contributed by atoms with Crippen LogP contribution in [0.1, 0.15) is 53.4 Å². The van der Waals surface area contributed by atoms with Crippen molar-refractivity contribution in [1.29, 1.82) is 0 Å². The van der Waals surface area contributed by atoms with Crippen LogP contribution in [0.3, 0.4) is 0 Å². The molecule has 108 valence electrons. The van der Waals surface area contributed by atoms with Crippen molar-refractivity contribution in [2.45, 2.75) is 58.9 Å². The summed E-state index contributed by atoms with van der Waals surface area (Å²) in [6.45, 7) is 10.2. The average Bonchev–Trinajstić information content (AvgIpc) is 2.36. The fourth-order valence-corrected chi connectivity index (χ4v) is 1.60. The van der Waals surface area contributed by atoms with Crippen molar-refractivity contribution >= 4 is 5.97 Å². The summed E-state index contributed by atoms with van der Waals surface area (Å²) in [5.74, 6) is -0.228. The molecule has 0 radical (unpaired) electrons. The van der Waals surface area contributed by atoms with Crippen LogP contribution >= 0.6 is 0 Å². The summed E-state index contributed by atoms with van der Waals surface area (Å²) in [5.41, 5.74) is -0.724. The van der Waals surface area contributed by atoms with Gasteiger partial charge in [-0.05, 0) is 33.2 Å². The number of carbonyl (C=O) groups is 1. The Morgan fingerprint density at radius 3 is 2.44 bits per heavy atom. The maximum absolute atomic E-state index is 11.9. The third-order valence-corrected chi connectivity index (χ3v) is 2.77. The molecule has 0 aliphatic carbocycles. The Morgan fingerprint density at radius 2 is 1.89 bits per heavy atom. The Hall–Kier alpha value is -0.610. The molecule has 0 saturated carbocycles. The van der Waals surface area contributed by atoms with Crippen LogP contribution in [0.25, 0.3) is 0 Å². The third kappa shape index (κ3) is 6.97. The zero-order chi connectivity index (χ0) is 13.9. The molecule has 0 aromatic heterocycles. The lowest BCUT2D eigenvalue weighted by Crippen LogP contribution is -2.54. The highest BCUT2D eigenvalue weighted by molar-refractivity contribution is 5.80. The average molecular weight is 259 g/mol. The van der Waals surface area contributed by atoms with E-state index in [0.717, 1.165) is 19.4 Å². The van der Waals surface area contributed by atoms with Crippen LogP contribution in [-0.2, 0) is 14.3 Å². The van der Waals surface area contributed by atoms with Gasteiger partial charge in [0.2, 0.25) is 0 Å². The highest BCUT2D eigenvalue weighted by Gasteiger charge is 2.34. The van der Waals surface area contributed by atoms with Crippen molar-refractivity contribution in [2.75, 3.05) is 26.4 Å². The van der Waals surface area contributed by atoms with Crippen molar-refractivity contribution < 1.29 is 14.3 Å². The Kier molecular flexibility index (Phi) is 9.98. The van der Waals surface area contributed by atoms with Gasteiger partial charge in [-0.25, -0.2) is 4.79 Å². The summed E-state index contributed by atoms with van der Waals surface area (Å²) < 4.78 is 10.7. The molecular formula is C14H29NO3. The van der Waals surface area contributed by atoms with Gasteiger partial charge >= 0.3 is 5.97 Å². The van der Waals surface area contributed by atoms with Crippen LogP contribution in [0.5, 0.6) is 0 Å². The van der Waals surface area contributed by atoms with Gasteiger partial charge in [0.15, 0.2) is 0 Å². The molecule has 0 bridgehead atoms. The lowest BCUT2D eigenvalue weighted by molar-refractivity contribution is -0.153. The van der Waals surface area contributed by atoms with Gasteiger partial charge in [0.1, 0.15) is 5.54 Å². The highest BCUT2D eigenvalue weighted by Crippen LogP contribution is 2.09. The molecule has 0 heterocycles. The first-order valence-corrected chi connectivity index (χ1v) is 7.10. The van der Waals surface area contributed by atoms with Gasteiger partial charge in [0, 0.05) is 6.61 Å². The fourth-order valence-electron chi connectivity index (χ4n) is 1.60. The van der Waals surface area contributed by atoms with Gasteiger partial charge in [0.05, 0.1) is 13.2 Å². The summed E-state index contributed by atoms with van der Waals surface area (Å²) in [6.07, 6.45) is 4.36. The molecule has 0 spiro atoms. The van der Waals surface area contributed by atoms with E-state index in [2.05, 4.69) is 19.2 Å². The first kappa shape index (κ1) is 17.4. The molecule has 0 aromatic carbocycles. The van der Waals surface area contributed by atoms with E-state index in [4.69, 9.17) is 9.47 Å². The maximum atomic E-state index is 11.9. The van der Waals surface area contributed by atoms with Gasteiger partial charge in [-0.1, -0.05) is 26.7 Å². The molecule has 1 unspecified atom stereocenters. The van der Waals surface area contributed by atoms with Crippen LogP contribution in [-0.4, -0.2) is 37.9 Å². The Balaban J connectivity index is 4.15. The van der Waals surface area contributed by atoms with Crippen LogP contribution < -0.4 is 5.32 Å². The third-order valence-electron chi connectivity index (χ3n) is 2.77. The zero-order valence-electron chi connectivity index (χ0n) is 12.4. The van der Waals surface area contributed by atoms with Gasteiger partial charge in [-0.2, -0.15) is 0 Å². The van der Waals surface area contributed by atoms with E-state index in [1.165, 1.54) is 12.8 Å². The second-order valence-corrected chi connectivity index (χ2v) is 4.74. The standard InChI is InChI=1S/C14H29NO3/c1-5-8-9-11-17-12-14(4,15-10-6-2)13(16)18-7-3/h15H,5-12H2,1-4H3. The summed E-state index contributed by atoms with van der Waals surface area (Å²) in [6, 6.07) is 0. The van der Waals surface area contributed by atoms with Gasteiger partial charge < -0.3 is 14.8 Å². The van der Waals surface area contributed by atoms with Gasteiger partial charge in [-0.15, -0.1) is 0 Å². The largest absolute Gasteiger partial charge is 0.465 e. The molecule has 1 N–H and O–H groups in total. The Labute approximate surface area is 111 Å². The minimum absolute atomic E-state index is 0.228. The molecule has 0 aromatic rings. The molecule has 0 saturated heterocycles. The number of hydrogen-bond acceptors (Lipinski definition) is 4. The topological polar surface area (TPSA) is 47.6 Å². The molecule has 0 rings (SSSR count). The lowest BCUT2D eigenvalue weighted by atomic mass is 10.0. The maximum Gasteiger partial charge on any atom is 0.328 e. The molecule has 0 fully saturated rings. The number of hydrogen-bond donors (Lipinski definition) is 1. The quantitative estimate of drug-likeness (QED) is 0.457. The number of ether oxygens (including phenoxy) is 2. The van der Waals surface area contributed by atoms with E-state index >= 15 is 0 Å².